The Balaban J connectivity index is 2.37. The van der Waals surface area contributed by atoms with Crippen molar-refractivity contribution < 1.29 is 9.52 Å². The van der Waals surface area contributed by atoms with Crippen LogP contribution in [0.2, 0.25) is 0 Å². The van der Waals surface area contributed by atoms with E-state index in [1.807, 2.05) is 0 Å². The fourth-order valence-corrected chi connectivity index (χ4v) is 1.20. The molecule has 0 aromatic carbocycles. The molecule has 0 saturated heterocycles. The largest absolute Gasteiger partial charge is 0.507 e. The minimum Gasteiger partial charge on any atom is -0.507 e. The molecule has 17 heavy (non-hydrogen) atoms. The van der Waals surface area contributed by atoms with Gasteiger partial charge in [0, 0.05) is 24.7 Å². The summed E-state index contributed by atoms with van der Waals surface area (Å²) in [7, 11) is 0. The van der Waals surface area contributed by atoms with E-state index in [-0.39, 0.29) is 17.3 Å². The zero-order valence-electron chi connectivity index (χ0n) is 8.99. The highest BCUT2D eigenvalue weighted by Gasteiger charge is 2.06. The maximum atomic E-state index is 11.4. The van der Waals surface area contributed by atoms with E-state index in [1.54, 1.807) is 13.0 Å². The fraction of sp³-hybridized carbons (Fsp3) is 0.0909. The molecule has 2 aromatic heterocycles. The second-order valence-electron chi connectivity index (χ2n) is 3.25. The first kappa shape index (κ1) is 11.0. The van der Waals surface area contributed by atoms with Crippen molar-refractivity contribution in [3.8, 4) is 5.75 Å². The molecule has 6 nitrogen and oxygen atoms in total. The average Bonchev–Trinajstić information content (AvgIpc) is 2.29. The second-order valence-corrected chi connectivity index (χ2v) is 3.25. The molecule has 0 spiro atoms. The predicted octanol–water partition coefficient (Wildman–Crippen LogP) is 1.19. The Kier molecular flexibility index (Phi) is 2.95. The summed E-state index contributed by atoms with van der Waals surface area (Å²) in [6.45, 7) is 1.57. The van der Waals surface area contributed by atoms with Gasteiger partial charge in [0.05, 0.1) is 0 Å². The van der Waals surface area contributed by atoms with Crippen LogP contribution in [0.4, 0.5) is 5.95 Å². The molecule has 2 rings (SSSR count). The lowest BCUT2D eigenvalue weighted by atomic mass is 10.2. The van der Waals surface area contributed by atoms with E-state index < -0.39 is 5.63 Å². The summed E-state index contributed by atoms with van der Waals surface area (Å²) in [4.78, 5) is 23.0. The number of aromatic hydroxyl groups is 1. The number of aromatic nitrogens is 2. The molecule has 86 valence electrons. The Bertz CT molecular complexity index is 605. The monoisotopic (exact) mass is 231 g/mol. The maximum absolute atomic E-state index is 11.4. The van der Waals surface area contributed by atoms with Crippen LogP contribution < -0.4 is 5.63 Å². The molecule has 0 aliphatic carbocycles. The standard InChI is InChI=1S/C11H9N3O3/c1-7-5-9(15)8(10(16)17-7)6-14-11-12-3-2-4-13-11/h2-6,15H,1H3. The van der Waals surface area contributed by atoms with Gasteiger partial charge in [0.15, 0.2) is 0 Å². The lowest BCUT2D eigenvalue weighted by molar-refractivity contribution is 0.433. The van der Waals surface area contributed by atoms with Gasteiger partial charge in [0.1, 0.15) is 17.1 Å². The smallest absolute Gasteiger partial charge is 0.348 e. The van der Waals surface area contributed by atoms with E-state index >= 15 is 0 Å². The van der Waals surface area contributed by atoms with E-state index in [0.29, 0.717) is 5.76 Å². The van der Waals surface area contributed by atoms with Crippen molar-refractivity contribution in [2.75, 3.05) is 0 Å². The first-order valence-electron chi connectivity index (χ1n) is 4.81. The molecule has 0 atom stereocenters. The SMILES string of the molecule is Cc1cc(O)c(C=Nc2ncccn2)c(=O)o1. The number of aryl methyl sites for hydroxylation is 1. The van der Waals surface area contributed by atoms with E-state index in [4.69, 9.17) is 4.42 Å². The maximum Gasteiger partial charge on any atom is 0.348 e. The van der Waals surface area contributed by atoms with Gasteiger partial charge in [-0.05, 0) is 13.0 Å². The van der Waals surface area contributed by atoms with Gasteiger partial charge >= 0.3 is 5.63 Å². The van der Waals surface area contributed by atoms with Crippen LogP contribution in [-0.4, -0.2) is 21.3 Å². The second kappa shape index (κ2) is 4.56. The highest BCUT2D eigenvalue weighted by atomic mass is 16.4. The third-order valence-electron chi connectivity index (χ3n) is 1.95. The summed E-state index contributed by atoms with van der Waals surface area (Å²) >= 11 is 0. The van der Waals surface area contributed by atoms with Crippen LogP contribution in [0.1, 0.15) is 11.3 Å². The third-order valence-corrected chi connectivity index (χ3v) is 1.95. The van der Waals surface area contributed by atoms with E-state index in [9.17, 15) is 9.90 Å². The summed E-state index contributed by atoms with van der Waals surface area (Å²) in [5.41, 5.74) is -0.676. The van der Waals surface area contributed by atoms with Crippen molar-refractivity contribution in [1.29, 1.82) is 0 Å². The molecule has 0 unspecified atom stereocenters. The molecule has 0 bridgehead atoms. The van der Waals surface area contributed by atoms with Gasteiger partial charge in [-0.3, -0.25) is 0 Å². The quantitative estimate of drug-likeness (QED) is 0.784. The van der Waals surface area contributed by atoms with E-state index in [0.717, 1.165) is 0 Å². The number of rotatable bonds is 2. The molecule has 0 saturated carbocycles. The molecule has 0 aliphatic heterocycles. The molecule has 0 fully saturated rings. The molecule has 2 aromatic rings. The molecular formula is C11H9N3O3. The predicted molar refractivity (Wildman–Crippen MR) is 60.7 cm³/mol. The van der Waals surface area contributed by atoms with Crippen molar-refractivity contribution >= 4 is 12.2 Å². The molecule has 0 aliphatic rings. The number of hydrogen-bond donors (Lipinski definition) is 1. The lowest BCUT2D eigenvalue weighted by Crippen LogP contribution is -2.07. The Labute approximate surface area is 96.3 Å². The van der Waals surface area contributed by atoms with Gasteiger partial charge < -0.3 is 9.52 Å². The van der Waals surface area contributed by atoms with Crippen molar-refractivity contribution in [2.45, 2.75) is 6.92 Å². The zero-order valence-corrected chi connectivity index (χ0v) is 8.99. The summed E-state index contributed by atoms with van der Waals surface area (Å²) < 4.78 is 4.83. The van der Waals surface area contributed by atoms with Gasteiger partial charge in [-0.2, -0.15) is 0 Å². The Morgan fingerprint density at radius 2 is 2.12 bits per heavy atom. The summed E-state index contributed by atoms with van der Waals surface area (Å²) in [5, 5.41) is 9.56. The van der Waals surface area contributed by atoms with E-state index in [1.165, 1.54) is 24.7 Å². The minimum atomic E-state index is -0.651. The Morgan fingerprint density at radius 3 is 2.76 bits per heavy atom. The number of aliphatic imine (C=N–C) groups is 1. The van der Waals surface area contributed by atoms with Crippen LogP contribution in [0.3, 0.4) is 0 Å². The van der Waals surface area contributed by atoms with Gasteiger partial charge in [-0.15, -0.1) is 0 Å². The van der Waals surface area contributed by atoms with Crippen LogP contribution in [0.25, 0.3) is 0 Å². The molecule has 0 amide bonds. The Morgan fingerprint density at radius 1 is 1.41 bits per heavy atom. The van der Waals surface area contributed by atoms with Gasteiger partial charge in [0.2, 0.25) is 5.95 Å². The number of nitrogens with zero attached hydrogens (tertiary/aromatic N) is 3. The highest BCUT2D eigenvalue weighted by Crippen LogP contribution is 2.13. The normalized spacial score (nSPS) is 10.9. The van der Waals surface area contributed by atoms with Crippen molar-refractivity contribution in [3.05, 3.63) is 46.3 Å². The first-order chi connectivity index (χ1) is 8.16. The minimum absolute atomic E-state index is 0.0250. The molecular weight excluding hydrogens is 222 g/mol. The Hall–Kier alpha value is -2.50. The fourth-order valence-electron chi connectivity index (χ4n) is 1.20. The third kappa shape index (κ3) is 2.54. The van der Waals surface area contributed by atoms with Crippen LogP contribution in [0, 0.1) is 6.92 Å². The van der Waals surface area contributed by atoms with Gasteiger partial charge in [0.25, 0.3) is 0 Å². The first-order valence-corrected chi connectivity index (χ1v) is 4.81. The van der Waals surface area contributed by atoms with Crippen LogP contribution in [-0.2, 0) is 0 Å². The topological polar surface area (TPSA) is 88.6 Å². The molecule has 0 radical (unpaired) electrons. The average molecular weight is 231 g/mol. The van der Waals surface area contributed by atoms with Crippen molar-refractivity contribution in [2.24, 2.45) is 4.99 Å². The van der Waals surface area contributed by atoms with Gasteiger partial charge in [-0.1, -0.05) is 0 Å². The molecule has 2 heterocycles. The summed E-state index contributed by atoms with van der Waals surface area (Å²) in [5.74, 6) is 0.353. The van der Waals surface area contributed by atoms with Crippen LogP contribution in [0.5, 0.6) is 5.75 Å². The van der Waals surface area contributed by atoms with Crippen LogP contribution in [0.15, 0.2) is 38.7 Å². The number of hydrogen-bond acceptors (Lipinski definition) is 6. The van der Waals surface area contributed by atoms with Crippen molar-refractivity contribution in [1.82, 2.24) is 9.97 Å². The van der Waals surface area contributed by atoms with Crippen LogP contribution >= 0.6 is 0 Å². The highest BCUT2D eigenvalue weighted by molar-refractivity contribution is 5.83. The van der Waals surface area contributed by atoms with E-state index in [2.05, 4.69) is 15.0 Å². The zero-order chi connectivity index (χ0) is 12.3. The lowest BCUT2D eigenvalue weighted by Gasteiger charge is -1.97. The van der Waals surface area contributed by atoms with Crippen molar-refractivity contribution in [3.63, 3.8) is 0 Å². The van der Waals surface area contributed by atoms with Gasteiger partial charge in [-0.25, -0.2) is 19.8 Å². The molecule has 1 N–H and O–H groups in total. The summed E-state index contributed by atoms with van der Waals surface area (Å²) in [6, 6.07) is 2.99. The summed E-state index contributed by atoms with van der Waals surface area (Å²) in [6.07, 6.45) is 4.23. The molecule has 6 heteroatoms.